The Labute approximate surface area is 154 Å². The quantitative estimate of drug-likeness (QED) is 0.565. The summed E-state index contributed by atoms with van der Waals surface area (Å²) in [6, 6.07) is 13.3. The first-order chi connectivity index (χ1) is 12.5. The minimum absolute atomic E-state index is 0.0876. The molecule has 2 aromatic heterocycles. The predicted molar refractivity (Wildman–Crippen MR) is 97.9 cm³/mol. The van der Waals surface area contributed by atoms with Crippen LogP contribution in [0.2, 0.25) is 5.02 Å². The van der Waals surface area contributed by atoms with Gasteiger partial charge < -0.3 is 9.51 Å². The second-order valence-electron chi connectivity index (χ2n) is 5.70. The van der Waals surface area contributed by atoms with Gasteiger partial charge in [-0.2, -0.15) is 4.98 Å². The Morgan fingerprint density at radius 3 is 2.62 bits per heavy atom. The van der Waals surface area contributed by atoms with Crippen LogP contribution in [0.1, 0.15) is 12.8 Å². The van der Waals surface area contributed by atoms with Crippen LogP contribution in [0.15, 0.2) is 62.8 Å². The van der Waals surface area contributed by atoms with E-state index >= 15 is 0 Å². The minimum Gasteiger partial charge on any atom is -0.351 e. The summed E-state index contributed by atoms with van der Waals surface area (Å²) in [5.41, 5.74) is 0.913. The minimum atomic E-state index is -3.83. The Morgan fingerprint density at radius 1 is 1.15 bits per heavy atom. The SMILES string of the molecule is CCc1nc(-c2[nH]c3ccc(Cl)cc3c2S(=O)(=O)c2ccccc2)no1. The van der Waals surface area contributed by atoms with E-state index in [0.29, 0.717) is 28.2 Å². The van der Waals surface area contributed by atoms with Crippen molar-refractivity contribution in [2.24, 2.45) is 0 Å². The van der Waals surface area contributed by atoms with E-state index in [1.165, 1.54) is 0 Å². The van der Waals surface area contributed by atoms with Gasteiger partial charge in [0, 0.05) is 22.3 Å². The van der Waals surface area contributed by atoms with E-state index in [9.17, 15) is 8.42 Å². The Hall–Kier alpha value is -2.64. The third-order valence-electron chi connectivity index (χ3n) is 4.03. The van der Waals surface area contributed by atoms with Crippen molar-refractivity contribution in [2.45, 2.75) is 23.1 Å². The molecule has 0 aliphatic heterocycles. The summed E-state index contributed by atoms with van der Waals surface area (Å²) >= 11 is 6.11. The number of sulfone groups is 1. The third-order valence-corrected chi connectivity index (χ3v) is 6.12. The van der Waals surface area contributed by atoms with Gasteiger partial charge in [-0.1, -0.05) is 41.9 Å². The number of halogens is 1. The lowest BCUT2D eigenvalue weighted by molar-refractivity contribution is 0.382. The number of hydrogen-bond acceptors (Lipinski definition) is 5. The van der Waals surface area contributed by atoms with Crippen LogP contribution in [0.3, 0.4) is 0 Å². The van der Waals surface area contributed by atoms with Crippen molar-refractivity contribution < 1.29 is 12.9 Å². The van der Waals surface area contributed by atoms with Crippen LogP contribution in [0.4, 0.5) is 0 Å². The molecule has 0 unspecified atom stereocenters. The maximum Gasteiger partial charge on any atom is 0.226 e. The second kappa shape index (κ2) is 6.26. The zero-order valence-electron chi connectivity index (χ0n) is 13.7. The van der Waals surface area contributed by atoms with Gasteiger partial charge in [-0.3, -0.25) is 0 Å². The number of hydrogen-bond donors (Lipinski definition) is 1. The monoisotopic (exact) mass is 387 g/mol. The molecule has 0 atom stereocenters. The van der Waals surface area contributed by atoms with Crippen molar-refractivity contribution in [2.75, 3.05) is 0 Å². The topological polar surface area (TPSA) is 88.9 Å². The van der Waals surface area contributed by atoms with Crippen LogP contribution < -0.4 is 0 Å². The fourth-order valence-electron chi connectivity index (χ4n) is 2.79. The van der Waals surface area contributed by atoms with Gasteiger partial charge in [0.1, 0.15) is 10.6 Å². The molecule has 4 aromatic rings. The Morgan fingerprint density at radius 2 is 1.92 bits per heavy atom. The smallest absolute Gasteiger partial charge is 0.226 e. The molecule has 132 valence electrons. The lowest BCUT2D eigenvalue weighted by Gasteiger charge is -2.05. The first-order valence-corrected chi connectivity index (χ1v) is 9.81. The molecular formula is C18H14ClN3O3S. The number of fused-ring (bicyclic) bond motifs is 1. The summed E-state index contributed by atoms with van der Waals surface area (Å²) < 4.78 is 31.8. The normalized spacial score (nSPS) is 11.9. The molecule has 2 heterocycles. The first-order valence-electron chi connectivity index (χ1n) is 7.95. The largest absolute Gasteiger partial charge is 0.351 e. The van der Waals surface area contributed by atoms with Crippen molar-refractivity contribution >= 4 is 32.3 Å². The van der Waals surface area contributed by atoms with Crippen molar-refractivity contribution in [1.29, 1.82) is 0 Å². The predicted octanol–water partition coefficient (Wildman–Crippen LogP) is 4.27. The van der Waals surface area contributed by atoms with Crippen molar-refractivity contribution in [3.05, 3.63) is 59.4 Å². The summed E-state index contributed by atoms with van der Waals surface area (Å²) in [4.78, 5) is 7.65. The molecule has 0 aliphatic carbocycles. The summed E-state index contributed by atoms with van der Waals surface area (Å²) in [5.74, 6) is 0.628. The molecule has 0 saturated heterocycles. The van der Waals surface area contributed by atoms with Crippen LogP contribution in [0.25, 0.3) is 22.4 Å². The highest BCUT2D eigenvalue weighted by Crippen LogP contribution is 2.37. The van der Waals surface area contributed by atoms with Gasteiger partial charge in [0.25, 0.3) is 0 Å². The third kappa shape index (κ3) is 2.69. The molecule has 8 heteroatoms. The Kier molecular flexibility index (Phi) is 4.05. The van der Waals surface area contributed by atoms with Gasteiger partial charge in [-0.15, -0.1) is 0 Å². The molecule has 0 radical (unpaired) electrons. The molecule has 26 heavy (non-hydrogen) atoms. The standard InChI is InChI=1S/C18H14ClN3O3S/c1-2-15-21-18(22-25-15)16-17(13-10-11(19)8-9-14(13)20-16)26(23,24)12-6-4-3-5-7-12/h3-10,20H,2H2,1H3. The summed E-state index contributed by atoms with van der Waals surface area (Å²) in [6.45, 7) is 1.88. The van der Waals surface area contributed by atoms with E-state index < -0.39 is 9.84 Å². The molecular weight excluding hydrogens is 374 g/mol. The maximum absolute atomic E-state index is 13.3. The highest BCUT2D eigenvalue weighted by molar-refractivity contribution is 7.91. The zero-order chi connectivity index (χ0) is 18.3. The molecule has 1 N–H and O–H groups in total. The molecule has 0 saturated carbocycles. The summed E-state index contributed by atoms with van der Waals surface area (Å²) in [7, 11) is -3.83. The highest BCUT2D eigenvalue weighted by atomic mass is 35.5. The summed E-state index contributed by atoms with van der Waals surface area (Å²) in [6.07, 6.45) is 0.555. The van der Waals surface area contributed by atoms with E-state index in [1.807, 2.05) is 6.92 Å². The molecule has 2 aromatic carbocycles. The Balaban J connectivity index is 2.06. The average Bonchev–Trinajstić information content (AvgIpc) is 3.26. The van der Waals surface area contributed by atoms with E-state index in [1.54, 1.807) is 48.5 Å². The molecule has 0 amide bonds. The highest BCUT2D eigenvalue weighted by Gasteiger charge is 2.29. The molecule has 0 fully saturated rings. The summed E-state index contributed by atoms with van der Waals surface area (Å²) in [5, 5.41) is 4.85. The van der Waals surface area contributed by atoms with Crippen LogP contribution in [0.5, 0.6) is 0 Å². The van der Waals surface area contributed by atoms with Crippen LogP contribution in [0, 0.1) is 0 Å². The number of nitrogens with zero attached hydrogens (tertiary/aromatic N) is 2. The molecule has 0 aliphatic rings. The maximum atomic E-state index is 13.3. The lowest BCUT2D eigenvalue weighted by Crippen LogP contribution is -2.03. The second-order valence-corrected chi connectivity index (χ2v) is 8.02. The Bertz CT molecular complexity index is 1200. The van der Waals surface area contributed by atoms with Crippen LogP contribution in [-0.2, 0) is 16.3 Å². The van der Waals surface area contributed by atoms with Crippen LogP contribution >= 0.6 is 11.6 Å². The van der Waals surface area contributed by atoms with Crippen molar-refractivity contribution in [1.82, 2.24) is 15.1 Å². The van der Waals surface area contributed by atoms with E-state index in [-0.39, 0.29) is 21.3 Å². The number of rotatable bonds is 4. The molecule has 0 bridgehead atoms. The van der Waals surface area contributed by atoms with E-state index in [0.717, 1.165) is 0 Å². The molecule has 6 nitrogen and oxygen atoms in total. The zero-order valence-corrected chi connectivity index (χ0v) is 15.3. The number of aromatic nitrogens is 3. The van der Waals surface area contributed by atoms with E-state index in [2.05, 4.69) is 15.1 Å². The van der Waals surface area contributed by atoms with Gasteiger partial charge >= 0.3 is 0 Å². The average molecular weight is 388 g/mol. The van der Waals surface area contributed by atoms with Crippen molar-refractivity contribution in [3.8, 4) is 11.5 Å². The first kappa shape index (κ1) is 16.8. The fraction of sp³-hybridized carbons (Fsp3) is 0.111. The van der Waals surface area contributed by atoms with Crippen molar-refractivity contribution in [3.63, 3.8) is 0 Å². The number of aromatic amines is 1. The number of nitrogens with one attached hydrogen (secondary N) is 1. The molecule has 0 spiro atoms. The van der Waals surface area contributed by atoms with Crippen LogP contribution in [-0.4, -0.2) is 23.5 Å². The lowest BCUT2D eigenvalue weighted by atomic mass is 10.2. The number of H-pyrrole nitrogens is 1. The van der Waals surface area contributed by atoms with Gasteiger partial charge in [0.2, 0.25) is 21.6 Å². The number of aryl methyl sites for hydroxylation is 1. The van der Waals surface area contributed by atoms with E-state index in [4.69, 9.17) is 16.1 Å². The van der Waals surface area contributed by atoms with Gasteiger partial charge in [0.05, 0.1) is 4.90 Å². The van der Waals surface area contributed by atoms with Gasteiger partial charge in [-0.05, 0) is 30.3 Å². The fourth-order valence-corrected chi connectivity index (χ4v) is 4.59. The molecule has 4 rings (SSSR count). The van der Waals surface area contributed by atoms with Gasteiger partial charge in [-0.25, -0.2) is 8.42 Å². The number of benzene rings is 2. The van der Waals surface area contributed by atoms with Gasteiger partial charge in [0.15, 0.2) is 0 Å².